The zero-order chi connectivity index (χ0) is 20.9. The number of hydrogen-bond donors (Lipinski definition) is 2. The summed E-state index contributed by atoms with van der Waals surface area (Å²) in [5.74, 6) is 0.0885. The highest BCUT2D eigenvalue weighted by Crippen LogP contribution is 2.32. The van der Waals surface area contributed by atoms with Gasteiger partial charge < -0.3 is 14.8 Å². The summed E-state index contributed by atoms with van der Waals surface area (Å²) in [6.45, 7) is 0.558. The van der Waals surface area contributed by atoms with Gasteiger partial charge in [0.15, 0.2) is 15.8 Å². The maximum Gasteiger partial charge on any atom is 0.260 e. The molecule has 4 rings (SSSR count). The molecule has 0 saturated heterocycles. The quantitative estimate of drug-likeness (QED) is 0.425. The molecule has 0 unspecified atom stereocenters. The number of thioether (sulfide) groups is 1. The van der Waals surface area contributed by atoms with Gasteiger partial charge in [0.25, 0.3) is 5.91 Å². The minimum atomic E-state index is -0.617. The third-order valence-electron chi connectivity index (χ3n) is 4.00. The number of nitrogens with zero attached hydrogens (tertiary/aromatic N) is 2. The largest absolute Gasteiger partial charge is 0.454 e. The Morgan fingerprint density at radius 2 is 1.97 bits per heavy atom. The molecule has 0 fully saturated rings. The summed E-state index contributed by atoms with van der Waals surface area (Å²) in [6.07, 6.45) is 0. The highest BCUT2D eigenvalue weighted by atomic mass is 32.2. The van der Waals surface area contributed by atoms with Crippen LogP contribution in [0.3, 0.4) is 0 Å². The fourth-order valence-electron chi connectivity index (χ4n) is 2.56. The van der Waals surface area contributed by atoms with Crippen LogP contribution in [0.25, 0.3) is 0 Å². The number of nitrogens with one attached hydrogen (secondary N) is 2. The molecule has 0 saturated carbocycles. The summed E-state index contributed by atoms with van der Waals surface area (Å²) in [6, 6.07) is 11.1. The van der Waals surface area contributed by atoms with Crippen LogP contribution in [-0.2, 0) is 11.3 Å². The van der Waals surface area contributed by atoms with E-state index in [1.165, 1.54) is 30.0 Å². The molecule has 11 heteroatoms. The summed E-state index contributed by atoms with van der Waals surface area (Å²) in [5.41, 5.74) is 0.816. The second-order valence-corrected chi connectivity index (χ2v) is 8.26. The van der Waals surface area contributed by atoms with E-state index in [4.69, 9.17) is 9.47 Å². The number of aromatic nitrogens is 2. The average Bonchev–Trinajstić information content (AvgIpc) is 3.39. The number of benzene rings is 2. The number of carbonyl (C=O) groups excluding carboxylic acids is 2. The van der Waals surface area contributed by atoms with E-state index < -0.39 is 11.7 Å². The number of anilines is 1. The predicted molar refractivity (Wildman–Crippen MR) is 109 cm³/mol. The van der Waals surface area contributed by atoms with E-state index in [-0.39, 0.29) is 29.1 Å². The van der Waals surface area contributed by atoms with Crippen LogP contribution in [0.15, 0.2) is 46.8 Å². The van der Waals surface area contributed by atoms with Crippen molar-refractivity contribution in [3.8, 4) is 11.5 Å². The van der Waals surface area contributed by atoms with Crippen LogP contribution < -0.4 is 20.1 Å². The first-order chi connectivity index (χ1) is 14.6. The monoisotopic (exact) mass is 446 g/mol. The number of fused-ring (bicyclic) bond motifs is 1. The topological polar surface area (TPSA) is 102 Å². The molecule has 0 bridgehead atoms. The first kappa shape index (κ1) is 20.1. The lowest BCUT2D eigenvalue weighted by Gasteiger charge is -2.05. The van der Waals surface area contributed by atoms with E-state index in [1.54, 1.807) is 12.1 Å². The van der Waals surface area contributed by atoms with Gasteiger partial charge in [-0.3, -0.25) is 14.9 Å². The molecular formula is C19H15FN4O4S2. The number of amides is 2. The van der Waals surface area contributed by atoms with E-state index in [0.717, 1.165) is 16.9 Å². The zero-order valence-electron chi connectivity index (χ0n) is 15.4. The van der Waals surface area contributed by atoms with Crippen LogP contribution >= 0.6 is 23.1 Å². The van der Waals surface area contributed by atoms with E-state index in [0.29, 0.717) is 22.4 Å². The average molecular weight is 446 g/mol. The molecule has 1 aliphatic heterocycles. The van der Waals surface area contributed by atoms with Gasteiger partial charge >= 0.3 is 0 Å². The molecule has 8 nitrogen and oxygen atoms in total. The van der Waals surface area contributed by atoms with Crippen LogP contribution in [0.5, 0.6) is 11.5 Å². The maximum atomic E-state index is 13.7. The molecule has 1 aromatic heterocycles. The summed E-state index contributed by atoms with van der Waals surface area (Å²) in [4.78, 5) is 24.2. The molecule has 0 radical (unpaired) electrons. The predicted octanol–water partition coefficient (Wildman–Crippen LogP) is 3.07. The number of carbonyl (C=O) groups is 2. The minimum Gasteiger partial charge on any atom is -0.454 e. The van der Waals surface area contributed by atoms with Gasteiger partial charge in [-0.1, -0.05) is 41.3 Å². The molecule has 0 spiro atoms. The molecule has 3 aromatic rings. The molecule has 30 heavy (non-hydrogen) atoms. The molecule has 2 N–H and O–H groups in total. The van der Waals surface area contributed by atoms with Crippen molar-refractivity contribution < 1.29 is 23.5 Å². The molecule has 2 amide bonds. The van der Waals surface area contributed by atoms with Gasteiger partial charge in [0, 0.05) is 6.54 Å². The molecular weight excluding hydrogens is 431 g/mol. The van der Waals surface area contributed by atoms with Crippen molar-refractivity contribution in [3.63, 3.8) is 0 Å². The minimum absolute atomic E-state index is 0.0789. The van der Waals surface area contributed by atoms with Gasteiger partial charge in [-0.15, -0.1) is 10.2 Å². The Morgan fingerprint density at radius 3 is 2.83 bits per heavy atom. The van der Waals surface area contributed by atoms with E-state index in [9.17, 15) is 14.0 Å². The van der Waals surface area contributed by atoms with Gasteiger partial charge in [-0.25, -0.2) is 4.39 Å². The van der Waals surface area contributed by atoms with Crippen LogP contribution in [0.1, 0.15) is 15.9 Å². The van der Waals surface area contributed by atoms with Crippen molar-refractivity contribution in [1.29, 1.82) is 0 Å². The van der Waals surface area contributed by atoms with Gasteiger partial charge in [0.1, 0.15) is 5.82 Å². The highest BCUT2D eigenvalue weighted by Gasteiger charge is 2.15. The molecule has 2 heterocycles. The first-order valence-electron chi connectivity index (χ1n) is 8.76. The Balaban J connectivity index is 1.24. The fraction of sp³-hybridized carbons (Fsp3) is 0.158. The van der Waals surface area contributed by atoms with Gasteiger partial charge in [0.2, 0.25) is 17.8 Å². The normalized spacial score (nSPS) is 11.9. The van der Waals surface area contributed by atoms with Gasteiger partial charge in [-0.2, -0.15) is 0 Å². The lowest BCUT2D eigenvalue weighted by molar-refractivity contribution is -0.118. The summed E-state index contributed by atoms with van der Waals surface area (Å²) < 4.78 is 24.7. The SMILES string of the molecule is O=C(CSc1nnc(NC(=O)c2ccccc2F)s1)NCc1ccc2c(c1)OCO2. The maximum absolute atomic E-state index is 13.7. The third-order valence-corrected chi connectivity index (χ3v) is 5.97. The highest BCUT2D eigenvalue weighted by molar-refractivity contribution is 8.01. The van der Waals surface area contributed by atoms with Crippen molar-refractivity contribution in [1.82, 2.24) is 15.5 Å². The number of halogens is 1. The zero-order valence-corrected chi connectivity index (χ0v) is 17.0. The first-order valence-corrected chi connectivity index (χ1v) is 10.6. The summed E-state index contributed by atoms with van der Waals surface area (Å²) in [7, 11) is 0. The Morgan fingerprint density at radius 1 is 1.13 bits per heavy atom. The number of rotatable bonds is 7. The van der Waals surface area contributed by atoms with Crippen molar-refractivity contribution in [2.24, 2.45) is 0 Å². The van der Waals surface area contributed by atoms with Crippen LogP contribution in [-0.4, -0.2) is 34.6 Å². The van der Waals surface area contributed by atoms with E-state index in [2.05, 4.69) is 20.8 Å². The van der Waals surface area contributed by atoms with Crippen molar-refractivity contribution >= 4 is 40.0 Å². The number of hydrogen-bond acceptors (Lipinski definition) is 8. The van der Waals surface area contributed by atoms with Gasteiger partial charge in [-0.05, 0) is 29.8 Å². The van der Waals surface area contributed by atoms with Crippen molar-refractivity contribution in [3.05, 3.63) is 59.4 Å². The Kier molecular flexibility index (Phi) is 6.10. The Labute approximate surface area is 178 Å². The van der Waals surface area contributed by atoms with Crippen LogP contribution in [0.2, 0.25) is 0 Å². The lowest BCUT2D eigenvalue weighted by atomic mass is 10.2. The van der Waals surface area contributed by atoms with E-state index in [1.807, 2.05) is 12.1 Å². The Bertz CT molecular complexity index is 1090. The molecule has 0 atom stereocenters. The van der Waals surface area contributed by atoms with Crippen molar-refractivity contribution in [2.75, 3.05) is 17.9 Å². The van der Waals surface area contributed by atoms with Gasteiger partial charge in [0.05, 0.1) is 11.3 Å². The van der Waals surface area contributed by atoms with E-state index >= 15 is 0 Å². The summed E-state index contributed by atoms with van der Waals surface area (Å²) in [5, 5.41) is 13.3. The molecule has 2 aromatic carbocycles. The lowest BCUT2D eigenvalue weighted by Crippen LogP contribution is -2.24. The standard InChI is InChI=1S/C19H15FN4O4S2/c20-13-4-2-1-3-12(13)17(26)22-18-23-24-19(30-18)29-9-16(25)21-8-11-5-6-14-15(7-11)28-10-27-14/h1-7H,8-10H2,(H,21,25)(H,22,23,26). The second-order valence-electron chi connectivity index (χ2n) is 6.06. The molecule has 1 aliphatic rings. The fourth-order valence-corrected chi connectivity index (χ4v) is 4.14. The smallest absolute Gasteiger partial charge is 0.260 e. The molecule has 0 aliphatic carbocycles. The van der Waals surface area contributed by atoms with Crippen molar-refractivity contribution in [2.45, 2.75) is 10.9 Å². The molecule has 154 valence electrons. The second kappa shape index (κ2) is 9.09. The van der Waals surface area contributed by atoms with Crippen LogP contribution in [0.4, 0.5) is 9.52 Å². The summed E-state index contributed by atoms with van der Waals surface area (Å²) >= 11 is 2.30. The Hall–Kier alpha value is -3.18. The van der Waals surface area contributed by atoms with Crippen LogP contribution in [0, 0.1) is 5.82 Å². The third kappa shape index (κ3) is 4.86. The number of ether oxygens (including phenoxy) is 2.